The normalized spacial score (nSPS) is 21.7. The Labute approximate surface area is 658 Å². The average molecular weight is 1620 g/mol. The molecule has 3 fully saturated rings. The first kappa shape index (κ1) is 91.1. The van der Waals surface area contributed by atoms with Gasteiger partial charge in [-0.2, -0.15) is 0 Å². The van der Waals surface area contributed by atoms with Crippen LogP contribution < -0.4 is 70.4 Å². The Morgan fingerprint density at radius 3 is 1.86 bits per heavy atom. The molecule has 12 amide bonds. The number of carbonyl (C=O) groups is 17. The van der Waals surface area contributed by atoms with Crippen LogP contribution in [0.2, 0.25) is 0 Å². The third-order valence-electron chi connectivity index (χ3n) is 18.9. The van der Waals surface area contributed by atoms with Crippen molar-refractivity contribution in [1.82, 2.24) is 72.9 Å². The van der Waals surface area contributed by atoms with Crippen molar-refractivity contribution >= 4 is 145 Å². The molecule has 0 spiro atoms. The van der Waals surface area contributed by atoms with Crippen LogP contribution in [0.3, 0.4) is 0 Å². The fourth-order valence-electron chi connectivity index (χ4n) is 13.2. The molecule has 0 saturated carbocycles. The zero-order chi connectivity index (χ0) is 82.8. The van der Waals surface area contributed by atoms with Crippen LogP contribution in [0.4, 0.5) is 0 Å². The van der Waals surface area contributed by atoms with E-state index in [0.29, 0.717) is 35.0 Å². The lowest BCUT2D eigenvalue weighted by Crippen LogP contribution is -2.60. The number of nitrogens with two attached hydrogens (primary N) is 3. The van der Waals surface area contributed by atoms with E-state index in [1.54, 1.807) is 42.8 Å². The molecule has 1 aromatic heterocycles. The van der Waals surface area contributed by atoms with Gasteiger partial charge in [-0.15, -0.1) is 0 Å². The fourth-order valence-corrected chi connectivity index (χ4v) is 15.5. The Morgan fingerprint density at radius 1 is 0.637 bits per heavy atom. The number of likely N-dealkylation sites (tertiary alicyclic amines) is 2. The van der Waals surface area contributed by atoms with Gasteiger partial charge in [0.05, 0.1) is 25.7 Å². The number of hydrogen-bond donors (Lipinski definition) is 18. The number of Topliss-reactive ketones (excluding diaryl/α,β-unsaturated/α-hetero) is 1. The number of H-pyrrole nitrogens is 1. The van der Waals surface area contributed by atoms with E-state index in [2.05, 4.69) is 68.1 Å². The number of nitrogens with zero attached hydrogens (tertiary/aromatic N) is 5. The number of unbranched alkanes of at least 4 members (excludes halogenated alkanes) is 2. The molecule has 4 aliphatic rings. The summed E-state index contributed by atoms with van der Waals surface area (Å²) >= 11 is 0. The zero-order valence-corrected chi connectivity index (χ0v) is 64.5. The number of hydrogen-bond acceptors (Lipinski definition) is 23. The predicted molar refractivity (Wildman–Crippen MR) is 411 cm³/mol. The minimum Gasteiger partial charge on any atom is -0.481 e. The molecule has 620 valence electrons. The van der Waals surface area contributed by atoms with E-state index in [0.717, 1.165) is 28.5 Å². The van der Waals surface area contributed by atoms with Gasteiger partial charge >= 0.3 is 23.9 Å². The number of aliphatic imine (C=N–C) groups is 2. The topological polar surface area (TPSA) is 620 Å². The van der Waals surface area contributed by atoms with Crippen LogP contribution >= 0.6 is 21.6 Å². The summed E-state index contributed by atoms with van der Waals surface area (Å²) in [6.07, 6.45) is 3.95. The smallest absolute Gasteiger partial charge is 0.317 e. The molecule has 3 saturated heterocycles. The van der Waals surface area contributed by atoms with Crippen LogP contribution in [0, 0.1) is 0 Å². The number of aromatic amines is 1. The summed E-state index contributed by atoms with van der Waals surface area (Å²) in [7, 11) is 1.85. The number of guanidine groups is 1. The van der Waals surface area contributed by atoms with Crippen molar-refractivity contribution in [1.29, 1.82) is 0 Å². The van der Waals surface area contributed by atoms with Crippen molar-refractivity contribution in [2.75, 3.05) is 63.9 Å². The first-order chi connectivity index (χ1) is 53.8. The number of aromatic nitrogens is 1. The molecule has 2 aromatic rings. The SMILES string of the molecule is CC(=O)N[C@H]1CSSC[C@@H](C(=O)N2CCC[C@H]2C(=O)N2CCC[C@H]2C(=O)N[C@@H](CCCCN)C(=O)N[C@@H](CCC(=O)O)C(=O)N[C@@H](CCCCN(CC(=O)O)CC(=O)O)C(C)=O)NC(=O)[C@H](Cc2c[nH]c3ccccc23)NC(=O)[C@H](CCCN=C(N)N)NC(=O)CNC(=O)[C@H](CC2=CCC=N2)NC(=O)[C@H](CCC(=O)O)NC1=O. The fraction of sp³-hybridized carbons (Fsp3) is 0.592. The van der Waals surface area contributed by atoms with Gasteiger partial charge in [0.15, 0.2) is 11.7 Å². The summed E-state index contributed by atoms with van der Waals surface area (Å²) in [6, 6.07) is -8.88. The lowest BCUT2D eigenvalue weighted by Gasteiger charge is -2.33. The summed E-state index contributed by atoms with van der Waals surface area (Å²) in [6.45, 7) is 0.449. The molecule has 4 aliphatic heterocycles. The number of benzene rings is 1. The van der Waals surface area contributed by atoms with Crippen LogP contribution in [0.1, 0.15) is 135 Å². The molecule has 0 radical (unpaired) electrons. The van der Waals surface area contributed by atoms with E-state index in [1.807, 2.05) is 0 Å². The van der Waals surface area contributed by atoms with Crippen molar-refractivity contribution in [3.8, 4) is 0 Å². The summed E-state index contributed by atoms with van der Waals surface area (Å²) in [5.41, 5.74) is 18.6. The third-order valence-corrected chi connectivity index (χ3v) is 21.3. The molecule has 5 heterocycles. The molecular weight excluding hydrogens is 1520 g/mol. The largest absolute Gasteiger partial charge is 0.481 e. The molecule has 11 atom stereocenters. The molecule has 1 aromatic carbocycles. The molecule has 0 aliphatic carbocycles. The standard InChI is InChI=1S/C71H103N19O21S2/c1-39(91)44(15-6-8-28-88(35-59(98)99)36-60(100)101)81-64(105)48(21-23-57(94)95)82-63(104)47(17-5-7-25-72)84-68(109)54-19-11-29-89(54)70(111)55-20-12-30-90(55)69(110)53-38-113-112-37-52(79-40(2)92)67(108)83-49(22-24-58(96)97)65(106)86-51(32-42-13-9-26-75-42)61(102)78-34-56(93)80-46(18-10-27-76-71(73)74)62(103)85-50(66(107)87-53)31-41-33-77-45-16-4-3-14-43(41)45/h3-4,13-14,16,26,33,44,46-55,77H,5-12,15,17-25,27-32,34-38,72H2,1-2H3,(H,78,102)(H,79,92)(H,80,93)(H,81,105)(H,82,104)(H,83,108)(H,84,109)(H,85,103)(H,86,106)(H,87,107)(H,94,95)(H,96,97)(H,98,99)(H,100,101)(H4,73,74,76)/t44-,46-,47-,48-,49-,50-,51-,52-,53-,54-,55-/m0/s1. The number of allylic oxidation sites excluding steroid dienone is 1. The summed E-state index contributed by atoms with van der Waals surface area (Å²) in [5, 5.41) is 64.5. The van der Waals surface area contributed by atoms with Gasteiger partial charge in [-0.1, -0.05) is 45.9 Å². The monoisotopic (exact) mass is 1620 g/mol. The number of nitrogens with one attached hydrogen (secondary N) is 11. The average Bonchev–Trinajstić information content (AvgIpc) is 1.67. The lowest BCUT2D eigenvalue weighted by atomic mass is 10.0. The van der Waals surface area contributed by atoms with E-state index in [9.17, 15) is 87.5 Å². The number of para-hydroxylation sites is 1. The third kappa shape index (κ3) is 30.4. The minimum absolute atomic E-state index is 0.00369. The Balaban J connectivity index is 1.31. The van der Waals surface area contributed by atoms with E-state index in [4.69, 9.17) is 17.2 Å². The second kappa shape index (κ2) is 46.3. The van der Waals surface area contributed by atoms with Gasteiger partial charge in [0, 0.05) is 99.2 Å². The van der Waals surface area contributed by atoms with Crippen LogP contribution in [-0.2, 0) is 87.9 Å². The number of fused-ring (bicyclic) bond motifs is 1. The van der Waals surface area contributed by atoms with E-state index < -0.39 is 212 Å². The van der Waals surface area contributed by atoms with Gasteiger partial charge in [-0.05, 0) is 122 Å². The Kier molecular flexibility index (Phi) is 37.3. The second-order valence-corrected chi connectivity index (χ2v) is 30.2. The van der Waals surface area contributed by atoms with Crippen molar-refractivity contribution in [3.05, 3.63) is 47.8 Å². The summed E-state index contributed by atoms with van der Waals surface area (Å²) in [4.78, 5) is 248. The van der Waals surface area contributed by atoms with Crippen LogP contribution in [0.15, 0.2) is 52.2 Å². The highest BCUT2D eigenvalue weighted by Gasteiger charge is 2.45. The number of amides is 12. The molecule has 21 N–H and O–H groups in total. The Bertz CT molecular complexity index is 3860. The number of aliphatic carboxylic acids is 4. The second-order valence-electron chi connectivity index (χ2n) is 27.7. The molecule has 0 bridgehead atoms. The van der Waals surface area contributed by atoms with Gasteiger partial charge < -0.3 is 106 Å². The highest BCUT2D eigenvalue weighted by atomic mass is 33.1. The molecule has 42 heteroatoms. The van der Waals surface area contributed by atoms with Crippen LogP contribution in [-0.4, -0.2) is 283 Å². The van der Waals surface area contributed by atoms with Gasteiger partial charge in [-0.25, -0.2) is 0 Å². The van der Waals surface area contributed by atoms with Crippen LogP contribution in [0.25, 0.3) is 10.9 Å². The van der Waals surface area contributed by atoms with Crippen molar-refractivity contribution in [3.63, 3.8) is 0 Å². The predicted octanol–water partition coefficient (Wildman–Crippen LogP) is -3.52. The minimum atomic E-state index is -1.65. The van der Waals surface area contributed by atoms with E-state index >= 15 is 14.4 Å². The van der Waals surface area contributed by atoms with Crippen LogP contribution in [0.5, 0.6) is 0 Å². The number of carboxylic acids is 4. The van der Waals surface area contributed by atoms with Gasteiger partial charge in [0.25, 0.3) is 0 Å². The summed E-state index contributed by atoms with van der Waals surface area (Å²) in [5.74, 6) is -17.3. The molecular formula is C71H103N19O21S2. The van der Waals surface area contributed by atoms with Gasteiger partial charge in [-0.3, -0.25) is 96.4 Å². The zero-order valence-electron chi connectivity index (χ0n) is 62.9. The molecule has 6 rings (SSSR count). The van der Waals surface area contributed by atoms with Crippen molar-refractivity contribution in [2.45, 2.75) is 202 Å². The Morgan fingerprint density at radius 2 is 1.23 bits per heavy atom. The van der Waals surface area contributed by atoms with Gasteiger partial charge in [0.2, 0.25) is 70.9 Å². The molecule has 40 nitrogen and oxygen atoms in total. The maximum atomic E-state index is 15.6. The summed E-state index contributed by atoms with van der Waals surface area (Å²) < 4.78 is 0. The molecule has 0 unspecified atom stereocenters. The Hall–Kier alpha value is -10.8. The van der Waals surface area contributed by atoms with Crippen molar-refractivity contribution < 1.29 is 102 Å². The quantitative estimate of drug-likeness (QED) is 0.0135. The van der Waals surface area contributed by atoms with Crippen molar-refractivity contribution in [2.24, 2.45) is 27.2 Å². The number of carboxylic acid groups (broad SMARTS) is 4. The number of ketones is 1. The number of rotatable bonds is 37. The van der Waals surface area contributed by atoms with E-state index in [-0.39, 0.29) is 134 Å². The lowest BCUT2D eigenvalue weighted by molar-refractivity contribution is -0.148. The first-order valence-electron chi connectivity index (χ1n) is 37.3. The maximum Gasteiger partial charge on any atom is 0.317 e. The van der Waals surface area contributed by atoms with Gasteiger partial charge in [0.1, 0.15) is 60.4 Å². The highest BCUT2D eigenvalue weighted by Crippen LogP contribution is 2.30. The number of carbonyl (C=O) groups excluding carboxylic acids is 13. The first-order valence-corrected chi connectivity index (χ1v) is 39.8. The molecule has 113 heavy (non-hydrogen) atoms. The maximum absolute atomic E-state index is 15.6. The van der Waals surface area contributed by atoms with E-state index in [1.165, 1.54) is 21.6 Å². The highest BCUT2D eigenvalue weighted by molar-refractivity contribution is 8.76.